The van der Waals surface area contributed by atoms with Gasteiger partial charge in [-0.05, 0) is 137 Å². The summed E-state index contributed by atoms with van der Waals surface area (Å²) in [5.41, 5.74) is 0.411. The Labute approximate surface area is 280 Å². The quantitative estimate of drug-likeness (QED) is 0.205. The van der Waals surface area contributed by atoms with Crippen LogP contribution < -0.4 is 0 Å². The molecule has 9 unspecified atom stereocenters. The lowest BCUT2D eigenvalue weighted by molar-refractivity contribution is -0.212. The van der Waals surface area contributed by atoms with Gasteiger partial charge in [0.1, 0.15) is 16.8 Å². The van der Waals surface area contributed by atoms with Gasteiger partial charge in [-0.1, -0.05) is 47.1 Å². The molecule has 0 aromatic carbocycles. The summed E-state index contributed by atoms with van der Waals surface area (Å²) in [4.78, 5) is 28.5. The summed E-state index contributed by atoms with van der Waals surface area (Å²) in [5, 5.41) is 35.5. The smallest absolute Gasteiger partial charge is 0.334 e. The van der Waals surface area contributed by atoms with Crippen LogP contribution in [-0.2, 0) is 19.1 Å². The molecule has 0 aromatic heterocycles. The molecule has 6 rings (SSSR count). The van der Waals surface area contributed by atoms with Gasteiger partial charge in [0.15, 0.2) is 0 Å². The summed E-state index contributed by atoms with van der Waals surface area (Å²) in [6.45, 7) is 16.0. The molecule has 9 atom stereocenters. The van der Waals surface area contributed by atoms with Crippen LogP contribution >= 0.6 is 0 Å². The second-order valence-corrected chi connectivity index (χ2v) is 16.7. The zero-order chi connectivity index (χ0) is 34.2. The van der Waals surface area contributed by atoms with E-state index in [1.54, 1.807) is 6.92 Å². The molecule has 4 aliphatic heterocycles. The molecule has 7 nitrogen and oxygen atoms in total. The number of ether oxygens (including phenoxy) is 2. The predicted molar refractivity (Wildman–Crippen MR) is 181 cm³/mol. The molecule has 1 spiro atoms. The van der Waals surface area contributed by atoms with Crippen molar-refractivity contribution in [2.24, 2.45) is 23.2 Å². The van der Waals surface area contributed by atoms with Gasteiger partial charge in [-0.25, -0.2) is 4.79 Å². The van der Waals surface area contributed by atoms with Crippen LogP contribution in [0.25, 0.3) is 0 Å². The Hall–Kier alpha value is -2.48. The van der Waals surface area contributed by atoms with Gasteiger partial charge < -0.3 is 24.8 Å². The molecule has 258 valence electrons. The first kappa shape index (κ1) is 34.4. The number of carbonyl (C=O) groups excluding carboxylic acids is 2. The largest absolute Gasteiger partial charge is 0.456 e. The Balaban J connectivity index is 1.51. The second-order valence-electron chi connectivity index (χ2n) is 16.7. The lowest BCUT2D eigenvalue weighted by Crippen LogP contribution is -2.60. The summed E-state index contributed by atoms with van der Waals surface area (Å²) in [6.07, 6.45) is 12.7. The van der Waals surface area contributed by atoms with Gasteiger partial charge in [-0.2, -0.15) is 0 Å². The zero-order valence-corrected chi connectivity index (χ0v) is 29.4. The summed E-state index contributed by atoms with van der Waals surface area (Å²) >= 11 is 0. The van der Waals surface area contributed by atoms with E-state index in [0.29, 0.717) is 82.6 Å². The van der Waals surface area contributed by atoms with Gasteiger partial charge in [0.2, 0.25) is 0 Å². The average Bonchev–Trinajstić information content (AvgIpc) is 3.07. The molecule has 3 N–H and O–H groups in total. The predicted octanol–water partition coefficient (Wildman–Crippen LogP) is 7.11. The third-order valence-electron chi connectivity index (χ3n) is 13.5. The van der Waals surface area contributed by atoms with Gasteiger partial charge in [-0.3, -0.25) is 4.79 Å². The van der Waals surface area contributed by atoms with Gasteiger partial charge >= 0.3 is 11.9 Å². The molecule has 0 aromatic rings. The molecular weight excluding hydrogens is 592 g/mol. The van der Waals surface area contributed by atoms with Crippen LogP contribution in [0.15, 0.2) is 58.2 Å². The molecule has 2 aliphatic carbocycles. The first-order valence-electron chi connectivity index (χ1n) is 18.0. The number of aliphatic hydroxyl groups is 3. The molecule has 6 aliphatic rings. The number of hydrogen-bond acceptors (Lipinski definition) is 7. The number of esters is 2. The average molecular weight is 649 g/mol. The van der Waals surface area contributed by atoms with Crippen LogP contribution in [0.1, 0.15) is 125 Å². The summed E-state index contributed by atoms with van der Waals surface area (Å²) in [5.74, 6) is -1.49. The van der Waals surface area contributed by atoms with E-state index in [0.717, 1.165) is 23.1 Å². The molecule has 1 saturated carbocycles. The highest BCUT2D eigenvalue weighted by Gasteiger charge is 2.67. The van der Waals surface area contributed by atoms with Crippen LogP contribution in [0.3, 0.4) is 0 Å². The van der Waals surface area contributed by atoms with Crippen molar-refractivity contribution in [2.75, 3.05) is 0 Å². The van der Waals surface area contributed by atoms with E-state index in [1.165, 1.54) is 11.1 Å². The fraction of sp³-hybridized carbons (Fsp3) is 0.700. The maximum Gasteiger partial charge on any atom is 0.334 e. The number of allylic oxidation sites excluding steroid dienone is 7. The second kappa shape index (κ2) is 11.8. The van der Waals surface area contributed by atoms with E-state index in [1.807, 2.05) is 32.9 Å². The number of carbonyl (C=O) groups is 2. The Morgan fingerprint density at radius 3 is 2.38 bits per heavy atom. The van der Waals surface area contributed by atoms with Crippen molar-refractivity contribution in [1.82, 2.24) is 0 Å². The molecular formula is C40H56O7. The van der Waals surface area contributed by atoms with E-state index in [2.05, 4.69) is 26.5 Å². The van der Waals surface area contributed by atoms with Crippen LogP contribution in [0, 0.1) is 23.2 Å². The first-order chi connectivity index (χ1) is 22.0. The maximum absolute atomic E-state index is 15.1. The third kappa shape index (κ3) is 5.53. The molecule has 1 saturated heterocycles. The minimum absolute atomic E-state index is 0.00788. The summed E-state index contributed by atoms with van der Waals surface area (Å²) < 4.78 is 12.7. The third-order valence-corrected chi connectivity index (χ3v) is 13.5. The Bertz CT molecular complexity index is 1480. The van der Waals surface area contributed by atoms with Crippen molar-refractivity contribution in [3.05, 3.63) is 58.2 Å². The Morgan fingerprint density at radius 2 is 1.66 bits per heavy atom. The lowest BCUT2D eigenvalue weighted by atomic mass is 9.54. The van der Waals surface area contributed by atoms with Crippen LogP contribution in [-0.4, -0.2) is 55.8 Å². The van der Waals surface area contributed by atoms with Crippen molar-refractivity contribution in [3.63, 3.8) is 0 Å². The standard InChI is InChI=1S/C40H56O7/c1-24(2)28-14-18-39-29(15-17-38(7,47-35(39)43)40(45)20-19-36(5,44)32(40)23-28)22-26(4)30-12-11-27-9-8-16-37(6,46-34(27)42)33(41)13-10-25(3)21-31(30)39/h9,21,23,29,31-33,41,44-45H,1,8,10-20,22H2,2-7H3. The van der Waals surface area contributed by atoms with Crippen molar-refractivity contribution in [1.29, 1.82) is 0 Å². The van der Waals surface area contributed by atoms with Gasteiger partial charge in [-0.15, -0.1) is 0 Å². The van der Waals surface area contributed by atoms with Gasteiger partial charge in [0.05, 0.1) is 17.1 Å². The molecule has 2 fully saturated rings. The Morgan fingerprint density at radius 1 is 0.915 bits per heavy atom. The normalized spacial score (nSPS) is 44.4. The van der Waals surface area contributed by atoms with E-state index >= 15 is 4.79 Å². The highest BCUT2D eigenvalue weighted by molar-refractivity contribution is 5.89. The van der Waals surface area contributed by atoms with E-state index < -0.39 is 39.8 Å². The van der Waals surface area contributed by atoms with Crippen molar-refractivity contribution in [3.8, 4) is 0 Å². The topological polar surface area (TPSA) is 113 Å². The summed E-state index contributed by atoms with van der Waals surface area (Å²) in [7, 11) is 0. The SMILES string of the molecule is C=C(C)C1=CC2C(C)(O)CCC2(O)C2(C)CCC3CC(C)=C4CCC5=CCCC(C)(OC5=O)C(O)CCC(C)=CC4C3(CC1)C(=O)O2. The van der Waals surface area contributed by atoms with E-state index in [-0.39, 0.29) is 23.8 Å². The van der Waals surface area contributed by atoms with Crippen molar-refractivity contribution < 1.29 is 34.4 Å². The van der Waals surface area contributed by atoms with Crippen molar-refractivity contribution >= 4 is 11.9 Å². The molecule has 7 heteroatoms. The monoisotopic (exact) mass is 648 g/mol. The fourth-order valence-corrected chi connectivity index (χ4v) is 10.2. The fourth-order valence-electron chi connectivity index (χ4n) is 10.2. The summed E-state index contributed by atoms with van der Waals surface area (Å²) in [6, 6.07) is 0. The minimum Gasteiger partial charge on any atom is -0.456 e. The molecule has 4 heterocycles. The number of rotatable bonds is 1. The lowest BCUT2D eigenvalue weighted by Gasteiger charge is -2.50. The van der Waals surface area contributed by atoms with Crippen LogP contribution in [0.4, 0.5) is 0 Å². The van der Waals surface area contributed by atoms with Gasteiger partial charge in [0.25, 0.3) is 0 Å². The van der Waals surface area contributed by atoms with E-state index in [9.17, 15) is 20.1 Å². The maximum atomic E-state index is 15.1. The van der Waals surface area contributed by atoms with E-state index in [4.69, 9.17) is 9.47 Å². The molecule has 47 heavy (non-hydrogen) atoms. The number of fused-ring (bicyclic) bond motifs is 8. The molecule has 0 amide bonds. The number of aliphatic hydroxyl groups excluding tert-OH is 1. The van der Waals surface area contributed by atoms with Crippen LogP contribution in [0.5, 0.6) is 0 Å². The first-order valence-corrected chi connectivity index (χ1v) is 18.0. The molecule has 4 bridgehead atoms. The zero-order valence-electron chi connectivity index (χ0n) is 29.4. The highest BCUT2D eigenvalue weighted by Crippen LogP contribution is 2.62. The van der Waals surface area contributed by atoms with Gasteiger partial charge in [0, 0.05) is 17.4 Å². The highest BCUT2D eigenvalue weighted by atomic mass is 16.6. The minimum atomic E-state index is -1.43. The Kier molecular flexibility index (Phi) is 8.66. The van der Waals surface area contributed by atoms with Crippen LogP contribution in [0.2, 0.25) is 0 Å². The van der Waals surface area contributed by atoms with Crippen molar-refractivity contribution in [2.45, 2.75) is 154 Å². The number of hydrogen-bond donors (Lipinski definition) is 3. The molecule has 0 radical (unpaired) electrons.